The lowest BCUT2D eigenvalue weighted by Gasteiger charge is -2.00. The third-order valence-corrected chi connectivity index (χ3v) is 0.888. The molecule has 3 nitrogen and oxygen atoms in total. The van der Waals surface area contributed by atoms with Gasteiger partial charge in [-0.2, -0.15) is 0 Å². The van der Waals surface area contributed by atoms with Gasteiger partial charge in [-0.15, -0.1) is 0 Å². The van der Waals surface area contributed by atoms with E-state index in [1.165, 1.54) is 6.08 Å². The van der Waals surface area contributed by atoms with Gasteiger partial charge in [-0.3, -0.25) is 0 Å². The molecule has 0 radical (unpaired) electrons. The molecule has 0 aliphatic rings. The summed E-state index contributed by atoms with van der Waals surface area (Å²) in [5.74, 6) is 0. The summed E-state index contributed by atoms with van der Waals surface area (Å²) in [6.07, 6.45) is 2.60. The number of hydrogen-bond donors (Lipinski definition) is 0. The smallest absolute Gasteiger partial charge is 0.138 e. The van der Waals surface area contributed by atoms with E-state index >= 15 is 0 Å². The lowest BCUT2D eigenvalue weighted by Crippen LogP contribution is -1.86. The Hall–Kier alpha value is -0.610. The minimum Gasteiger partial charge on any atom is -0.740 e. The predicted molar refractivity (Wildman–Crippen MR) is 34.0 cm³/mol. The van der Waals surface area contributed by atoms with Crippen molar-refractivity contribution in [1.82, 2.24) is 0 Å². The molecule has 0 aliphatic carbocycles. The molecule has 0 N–H and O–H groups in total. The molecule has 0 bridgehead atoms. The maximum absolute atomic E-state index is 9.72. The van der Waals surface area contributed by atoms with Gasteiger partial charge in [0.2, 0.25) is 0 Å². The van der Waals surface area contributed by atoms with Crippen LogP contribution >= 0.6 is 0 Å². The van der Waals surface area contributed by atoms with Crippen molar-refractivity contribution >= 4 is 11.4 Å². The SMILES string of the molecule is C=CC(C)=COS(=O)[O-]. The van der Waals surface area contributed by atoms with Crippen LogP contribution in [0.5, 0.6) is 0 Å². The molecule has 52 valence electrons. The Kier molecular flexibility index (Phi) is 4.00. The van der Waals surface area contributed by atoms with Crippen LogP contribution in [0.2, 0.25) is 0 Å². The van der Waals surface area contributed by atoms with Crippen molar-refractivity contribution in [2.45, 2.75) is 6.92 Å². The molecule has 0 fully saturated rings. The second-order valence-corrected chi connectivity index (χ2v) is 1.97. The highest BCUT2D eigenvalue weighted by atomic mass is 32.2. The van der Waals surface area contributed by atoms with E-state index in [0.29, 0.717) is 5.57 Å². The van der Waals surface area contributed by atoms with Crippen LogP contribution in [0.25, 0.3) is 0 Å². The van der Waals surface area contributed by atoms with Crippen molar-refractivity contribution in [1.29, 1.82) is 0 Å². The van der Waals surface area contributed by atoms with Gasteiger partial charge in [0.1, 0.15) is 17.6 Å². The number of allylic oxidation sites excluding steroid dienone is 2. The molecule has 1 unspecified atom stereocenters. The van der Waals surface area contributed by atoms with E-state index in [-0.39, 0.29) is 0 Å². The Labute approximate surface area is 56.5 Å². The van der Waals surface area contributed by atoms with E-state index in [1.54, 1.807) is 6.92 Å². The molecule has 0 aliphatic heterocycles. The summed E-state index contributed by atoms with van der Waals surface area (Å²) in [5.41, 5.74) is 0.666. The van der Waals surface area contributed by atoms with Gasteiger partial charge in [-0.05, 0) is 12.5 Å². The van der Waals surface area contributed by atoms with Gasteiger partial charge in [-0.25, -0.2) is 4.21 Å². The van der Waals surface area contributed by atoms with Crippen molar-refractivity contribution < 1.29 is 12.9 Å². The van der Waals surface area contributed by atoms with Crippen molar-refractivity contribution in [3.05, 3.63) is 24.5 Å². The highest BCUT2D eigenvalue weighted by Gasteiger charge is 1.78. The van der Waals surface area contributed by atoms with Gasteiger partial charge >= 0.3 is 0 Å². The minimum atomic E-state index is -2.46. The largest absolute Gasteiger partial charge is 0.740 e. The zero-order valence-corrected chi connectivity index (χ0v) is 5.81. The zero-order valence-electron chi connectivity index (χ0n) is 4.99. The molecular formula is C5H7O3S-. The zero-order chi connectivity index (χ0) is 7.28. The first-order chi connectivity index (χ1) is 4.16. The number of rotatable bonds is 3. The fourth-order valence-corrected chi connectivity index (χ4v) is 0.394. The van der Waals surface area contributed by atoms with Crippen LogP contribution in [0, 0.1) is 0 Å². The molecule has 0 aromatic carbocycles. The van der Waals surface area contributed by atoms with Gasteiger partial charge in [0.25, 0.3) is 0 Å². The summed E-state index contributed by atoms with van der Waals surface area (Å²) in [4.78, 5) is 0. The summed E-state index contributed by atoms with van der Waals surface area (Å²) in [5, 5.41) is 0. The molecular weight excluding hydrogens is 140 g/mol. The van der Waals surface area contributed by atoms with Gasteiger partial charge in [0.15, 0.2) is 0 Å². The van der Waals surface area contributed by atoms with Crippen LogP contribution in [0.4, 0.5) is 0 Å². The predicted octanol–water partition coefficient (Wildman–Crippen LogP) is 0.887. The molecule has 0 amide bonds. The second-order valence-electron chi connectivity index (χ2n) is 1.37. The summed E-state index contributed by atoms with van der Waals surface area (Å²) < 4.78 is 23.5. The first-order valence-corrected chi connectivity index (χ1v) is 3.22. The Balaban J connectivity index is 3.69. The molecule has 9 heavy (non-hydrogen) atoms. The van der Waals surface area contributed by atoms with E-state index < -0.39 is 11.4 Å². The lowest BCUT2D eigenvalue weighted by atomic mass is 10.3. The maximum atomic E-state index is 9.72. The Morgan fingerprint density at radius 2 is 2.44 bits per heavy atom. The fraction of sp³-hybridized carbons (Fsp3) is 0.200. The minimum absolute atomic E-state index is 0.666. The Morgan fingerprint density at radius 3 is 2.78 bits per heavy atom. The van der Waals surface area contributed by atoms with Crippen LogP contribution in [0.15, 0.2) is 24.5 Å². The highest BCUT2D eigenvalue weighted by molar-refractivity contribution is 7.74. The van der Waals surface area contributed by atoms with Crippen molar-refractivity contribution in [3.8, 4) is 0 Å². The first kappa shape index (κ1) is 8.39. The van der Waals surface area contributed by atoms with E-state index in [9.17, 15) is 8.76 Å². The van der Waals surface area contributed by atoms with Crippen LogP contribution in [-0.4, -0.2) is 8.76 Å². The molecule has 1 atom stereocenters. The molecule has 0 spiro atoms. The van der Waals surface area contributed by atoms with Crippen LogP contribution in [0.3, 0.4) is 0 Å². The van der Waals surface area contributed by atoms with Crippen molar-refractivity contribution in [3.63, 3.8) is 0 Å². The van der Waals surface area contributed by atoms with Gasteiger partial charge in [0.05, 0.1) is 0 Å². The molecule has 0 aromatic rings. The molecule has 0 saturated heterocycles. The van der Waals surface area contributed by atoms with E-state index in [0.717, 1.165) is 6.26 Å². The van der Waals surface area contributed by atoms with Crippen molar-refractivity contribution in [2.24, 2.45) is 0 Å². The average Bonchev–Trinajstić information content (AvgIpc) is 1.83. The first-order valence-electron chi connectivity index (χ1n) is 2.22. The lowest BCUT2D eigenvalue weighted by molar-refractivity contribution is 0.404. The third-order valence-electron chi connectivity index (χ3n) is 0.635. The number of hydrogen-bond acceptors (Lipinski definition) is 3. The van der Waals surface area contributed by atoms with Crippen LogP contribution in [-0.2, 0) is 15.5 Å². The summed E-state index contributed by atoms with van der Waals surface area (Å²) in [6, 6.07) is 0. The average molecular weight is 147 g/mol. The Bertz CT molecular complexity index is 150. The summed E-state index contributed by atoms with van der Waals surface area (Å²) in [7, 11) is 0. The van der Waals surface area contributed by atoms with Gasteiger partial charge in [-0.1, -0.05) is 12.7 Å². The third kappa shape index (κ3) is 5.26. The highest BCUT2D eigenvalue weighted by Crippen LogP contribution is 1.93. The van der Waals surface area contributed by atoms with E-state index in [4.69, 9.17) is 0 Å². The van der Waals surface area contributed by atoms with Crippen LogP contribution < -0.4 is 0 Å². The fourth-order valence-electron chi connectivity index (χ4n) is 0.163. The summed E-state index contributed by atoms with van der Waals surface area (Å²) >= 11 is -2.46. The molecule has 4 heteroatoms. The monoisotopic (exact) mass is 147 g/mol. The molecule has 0 aromatic heterocycles. The standard InChI is InChI=1S/C5H8O3S/c1-3-5(2)4-8-9(6)7/h3-4H,1H2,2H3,(H,6,7)/p-1. The van der Waals surface area contributed by atoms with Gasteiger partial charge < -0.3 is 8.74 Å². The topological polar surface area (TPSA) is 49.4 Å². The molecule has 0 rings (SSSR count). The van der Waals surface area contributed by atoms with Gasteiger partial charge in [0, 0.05) is 0 Å². The molecule has 0 saturated carbocycles. The summed E-state index contributed by atoms with van der Waals surface area (Å²) in [6.45, 7) is 5.07. The second kappa shape index (κ2) is 4.29. The van der Waals surface area contributed by atoms with E-state index in [2.05, 4.69) is 10.8 Å². The van der Waals surface area contributed by atoms with Crippen molar-refractivity contribution in [2.75, 3.05) is 0 Å². The van der Waals surface area contributed by atoms with Crippen LogP contribution in [0.1, 0.15) is 6.92 Å². The quantitative estimate of drug-likeness (QED) is 0.338. The normalized spacial score (nSPS) is 14.7. The van der Waals surface area contributed by atoms with E-state index in [1.807, 2.05) is 0 Å². The maximum Gasteiger partial charge on any atom is 0.138 e. The Morgan fingerprint density at radius 1 is 1.89 bits per heavy atom. The molecule has 0 heterocycles.